The molecule has 2 N–H and O–H groups in total. The van der Waals surface area contributed by atoms with Crippen LogP contribution >= 0.6 is 0 Å². The fourth-order valence-corrected chi connectivity index (χ4v) is 3.22. The molecule has 2 amide bonds. The molecule has 0 spiro atoms. The summed E-state index contributed by atoms with van der Waals surface area (Å²) in [6.07, 6.45) is 5.50. The predicted octanol–water partition coefficient (Wildman–Crippen LogP) is 3.66. The van der Waals surface area contributed by atoms with Crippen LogP contribution < -0.4 is 15.5 Å². The van der Waals surface area contributed by atoms with E-state index in [-0.39, 0.29) is 11.4 Å². The molecule has 1 aliphatic heterocycles. The highest BCUT2D eigenvalue weighted by molar-refractivity contribution is 5.94. The van der Waals surface area contributed by atoms with Crippen molar-refractivity contribution in [1.82, 2.24) is 25.1 Å². The van der Waals surface area contributed by atoms with E-state index in [2.05, 4.69) is 46.5 Å². The lowest BCUT2D eigenvalue weighted by atomic mass is 9.97. The molecule has 0 aliphatic carbocycles. The smallest absolute Gasteiger partial charge is 0.321 e. The van der Waals surface area contributed by atoms with Crippen molar-refractivity contribution >= 4 is 23.2 Å². The van der Waals surface area contributed by atoms with Crippen molar-refractivity contribution in [3.05, 3.63) is 48.9 Å². The van der Waals surface area contributed by atoms with E-state index in [1.54, 1.807) is 17.3 Å². The maximum absolute atomic E-state index is 11.8. The number of rotatable bonds is 5. The summed E-state index contributed by atoms with van der Waals surface area (Å²) in [7, 11) is 0. The Bertz CT molecular complexity index is 1000. The topological polar surface area (TPSA) is 88.0 Å². The summed E-state index contributed by atoms with van der Waals surface area (Å²) in [5, 5.41) is 10.5. The Labute approximate surface area is 170 Å². The second-order valence-electron chi connectivity index (χ2n) is 8.31. The van der Waals surface area contributed by atoms with Crippen LogP contribution in [0.4, 0.5) is 22.0 Å². The molecular formula is C21H25N7O. The van der Waals surface area contributed by atoms with Gasteiger partial charge in [0, 0.05) is 43.3 Å². The molecule has 3 aromatic rings. The lowest BCUT2D eigenvalue weighted by Gasteiger charge is -2.17. The minimum Gasteiger partial charge on any atom is -0.338 e. The van der Waals surface area contributed by atoms with Gasteiger partial charge in [-0.3, -0.25) is 9.58 Å². The summed E-state index contributed by atoms with van der Waals surface area (Å²) < 4.78 is 1.93. The maximum Gasteiger partial charge on any atom is 0.321 e. The van der Waals surface area contributed by atoms with Crippen molar-refractivity contribution in [2.24, 2.45) is 5.41 Å². The Hall–Kier alpha value is -3.42. The lowest BCUT2D eigenvalue weighted by Crippen LogP contribution is -2.27. The number of carbonyl (C=O) groups is 1. The first kappa shape index (κ1) is 18.9. The number of amides is 2. The highest BCUT2D eigenvalue weighted by Crippen LogP contribution is 2.24. The van der Waals surface area contributed by atoms with E-state index in [4.69, 9.17) is 0 Å². The number of nitrogens with zero attached hydrogens (tertiary/aromatic N) is 5. The van der Waals surface area contributed by atoms with E-state index in [9.17, 15) is 4.79 Å². The molecule has 8 heteroatoms. The van der Waals surface area contributed by atoms with Crippen molar-refractivity contribution < 1.29 is 4.79 Å². The van der Waals surface area contributed by atoms with E-state index in [0.29, 0.717) is 24.7 Å². The first-order valence-electron chi connectivity index (χ1n) is 9.66. The molecule has 1 saturated heterocycles. The molecule has 150 valence electrons. The number of aromatic nitrogens is 4. The van der Waals surface area contributed by atoms with Gasteiger partial charge in [0.2, 0.25) is 0 Å². The van der Waals surface area contributed by atoms with E-state index in [0.717, 1.165) is 23.5 Å². The average Bonchev–Trinajstić information content (AvgIpc) is 3.29. The molecule has 0 unspecified atom stereocenters. The molecule has 2 aromatic heterocycles. The number of urea groups is 1. The van der Waals surface area contributed by atoms with Crippen LogP contribution in [0.3, 0.4) is 0 Å². The van der Waals surface area contributed by atoms with Crippen molar-refractivity contribution in [2.75, 3.05) is 23.3 Å². The summed E-state index contributed by atoms with van der Waals surface area (Å²) in [6.45, 7) is 8.73. The fourth-order valence-electron chi connectivity index (χ4n) is 3.22. The monoisotopic (exact) mass is 391 g/mol. The summed E-state index contributed by atoms with van der Waals surface area (Å²) in [4.78, 5) is 22.5. The van der Waals surface area contributed by atoms with Crippen LogP contribution in [0.25, 0.3) is 11.4 Å². The third-order valence-corrected chi connectivity index (χ3v) is 4.49. The number of anilines is 3. The largest absolute Gasteiger partial charge is 0.338 e. The van der Waals surface area contributed by atoms with Crippen LogP contribution in [-0.4, -0.2) is 38.9 Å². The zero-order chi connectivity index (χ0) is 20.4. The van der Waals surface area contributed by atoms with Gasteiger partial charge in [0.05, 0.1) is 11.9 Å². The fraction of sp³-hybridized carbons (Fsp3) is 0.333. The molecule has 0 radical (unpaired) electrons. The highest BCUT2D eigenvalue weighted by Gasteiger charge is 2.21. The molecule has 1 aliphatic rings. The van der Waals surface area contributed by atoms with Gasteiger partial charge in [-0.15, -0.1) is 0 Å². The maximum atomic E-state index is 11.8. The summed E-state index contributed by atoms with van der Waals surface area (Å²) >= 11 is 0. The van der Waals surface area contributed by atoms with Crippen molar-refractivity contribution in [3.8, 4) is 11.4 Å². The number of hydrogen-bond donors (Lipinski definition) is 2. The standard InChI is InChI=1S/C21H25N7O/c1-21(2,3)14-27-13-16(12-24-27)25-18-8-9-22-19(26-18)15-4-6-17(7-5-15)28-11-10-23-20(28)29/h4-9,12-13H,10-11,14H2,1-3H3,(H,23,29)(H,22,25,26). The van der Waals surface area contributed by atoms with E-state index in [1.807, 2.05) is 41.2 Å². The van der Waals surface area contributed by atoms with E-state index >= 15 is 0 Å². The number of hydrogen-bond acceptors (Lipinski definition) is 5. The normalized spacial score (nSPS) is 14.2. The van der Waals surface area contributed by atoms with Gasteiger partial charge in [-0.2, -0.15) is 5.10 Å². The van der Waals surface area contributed by atoms with Crippen LogP contribution in [0.5, 0.6) is 0 Å². The van der Waals surface area contributed by atoms with Crippen molar-refractivity contribution in [1.29, 1.82) is 0 Å². The number of nitrogens with one attached hydrogen (secondary N) is 2. The van der Waals surface area contributed by atoms with Crippen LogP contribution in [0.1, 0.15) is 20.8 Å². The van der Waals surface area contributed by atoms with Crippen LogP contribution in [0.2, 0.25) is 0 Å². The minimum absolute atomic E-state index is 0.0628. The molecule has 4 rings (SSSR count). The molecule has 8 nitrogen and oxygen atoms in total. The molecule has 1 aromatic carbocycles. The zero-order valence-corrected chi connectivity index (χ0v) is 16.9. The van der Waals surface area contributed by atoms with Crippen LogP contribution in [0.15, 0.2) is 48.9 Å². The quantitative estimate of drug-likeness (QED) is 0.693. The zero-order valence-electron chi connectivity index (χ0n) is 16.9. The Morgan fingerprint density at radius 1 is 1.17 bits per heavy atom. The van der Waals surface area contributed by atoms with Gasteiger partial charge in [-0.1, -0.05) is 20.8 Å². The van der Waals surface area contributed by atoms with Gasteiger partial charge < -0.3 is 10.6 Å². The molecular weight excluding hydrogens is 366 g/mol. The minimum atomic E-state index is -0.0628. The predicted molar refractivity (Wildman–Crippen MR) is 113 cm³/mol. The van der Waals surface area contributed by atoms with Gasteiger partial charge in [-0.05, 0) is 35.7 Å². The second kappa shape index (κ2) is 7.54. The van der Waals surface area contributed by atoms with Gasteiger partial charge in [0.1, 0.15) is 5.82 Å². The summed E-state index contributed by atoms with van der Waals surface area (Å²) in [5.74, 6) is 1.32. The lowest BCUT2D eigenvalue weighted by molar-refractivity contribution is 0.252. The number of carbonyl (C=O) groups excluding carboxylic acids is 1. The van der Waals surface area contributed by atoms with Gasteiger partial charge in [-0.25, -0.2) is 14.8 Å². The van der Waals surface area contributed by atoms with Crippen LogP contribution in [-0.2, 0) is 6.54 Å². The second-order valence-corrected chi connectivity index (χ2v) is 8.31. The van der Waals surface area contributed by atoms with Gasteiger partial charge in [0.25, 0.3) is 0 Å². The Morgan fingerprint density at radius 3 is 2.66 bits per heavy atom. The van der Waals surface area contributed by atoms with E-state index in [1.165, 1.54) is 0 Å². The molecule has 0 bridgehead atoms. The summed E-state index contributed by atoms with van der Waals surface area (Å²) in [5.41, 5.74) is 2.80. The Morgan fingerprint density at radius 2 is 1.97 bits per heavy atom. The molecule has 0 saturated carbocycles. The molecule has 29 heavy (non-hydrogen) atoms. The first-order chi connectivity index (χ1) is 13.9. The van der Waals surface area contributed by atoms with Gasteiger partial charge in [0.15, 0.2) is 5.82 Å². The third kappa shape index (κ3) is 4.53. The average molecular weight is 391 g/mol. The van der Waals surface area contributed by atoms with Crippen LogP contribution in [0, 0.1) is 5.41 Å². The van der Waals surface area contributed by atoms with Gasteiger partial charge >= 0.3 is 6.03 Å². The Kier molecular flexibility index (Phi) is 4.92. The first-order valence-corrected chi connectivity index (χ1v) is 9.66. The van der Waals surface area contributed by atoms with E-state index < -0.39 is 0 Å². The Balaban J connectivity index is 1.48. The van der Waals surface area contributed by atoms with Crippen molar-refractivity contribution in [2.45, 2.75) is 27.3 Å². The highest BCUT2D eigenvalue weighted by atomic mass is 16.2. The number of benzene rings is 1. The SMILES string of the molecule is CC(C)(C)Cn1cc(Nc2ccnc(-c3ccc(N4CCNC4=O)cc3)n2)cn1. The molecule has 0 atom stereocenters. The van der Waals surface area contributed by atoms with Crippen molar-refractivity contribution in [3.63, 3.8) is 0 Å². The summed E-state index contributed by atoms with van der Waals surface area (Å²) in [6, 6.07) is 9.46. The molecule has 1 fully saturated rings. The third-order valence-electron chi connectivity index (χ3n) is 4.49. The molecule has 3 heterocycles.